The molecule has 0 aromatic heterocycles. The molecule has 4 aromatic carbocycles. The molecule has 0 aliphatic rings. The summed E-state index contributed by atoms with van der Waals surface area (Å²) in [5.41, 5.74) is 2.78. The molecule has 0 N–H and O–H groups in total. The van der Waals surface area contributed by atoms with E-state index >= 15 is 0 Å². The number of hydrogen-bond acceptors (Lipinski definition) is 0. The Labute approximate surface area is 189 Å². The molecule has 0 nitrogen and oxygen atoms in total. The first-order chi connectivity index (χ1) is 11.2. The SMILES string of the molecule is C[CH-]C.Cc1c[cH-]cc1C.[Cl-].[Cl-].[Zr+2].c1ccc2c(c1)[cH-]c1ccccc12. The normalized spacial score (nSPS) is 8.77. The van der Waals surface area contributed by atoms with E-state index < -0.39 is 0 Å². The number of rotatable bonds is 0. The minimum Gasteiger partial charge on any atom is -1.00 e. The largest absolute Gasteiger partial charge is 2.00 e. The number of hydrogen-bond donors (Lipinski definition) is 0. The Hall–Kier alpha value is -0.877. The average molecular weight is 464 g/mol. The topological polar surface area (TPSA) is 0 Å². The first-order valence-electron chi connectivity index (χ1n) is 8.13. The van der Waals surface area contributed by atoms with E-state index in [0.717, 1.165) is 0 Å². The Morgan fingerprint density at radius 3 is 1.35 bits per heavy atom. The van der Waals surface area contributed by atoms with Gasteiger partial charge < -0.3 is 31.2 Å². The van der Waals surface area contributed by atoms with Gasteiger partial charge in [-0.05, 0) is 0 Å². The minimum atomic E-state index is 0. The van der Waals surface area contributed by atoms with Crippen LogP contribution in [0.4, 0.5) is 0 Å². The Morgan fingerprint density at radius 2 is 1.04 bits per heavy atom. The van der Waals surface area contributed by atoms with Gasteiger partial charge >= 0.3 is 26.2 Å². The van der Waals surface area contributed by atoms with E-state index in [1.807, 2.05) is 20.3 Å². The van der Waals surface area contributed by atoms with Gasteiger partial charge in [0.15, 0.2) is 0 Å². The van der Waals surface area contributed by atoms with Crippen LogP contribution in [0.1, 0.15) is 25.0 Å². The van der Waals surface area contributed by atoms with E-state index in [1.165, 1.54) is 32.7 Å². The molecule has 0 fully saturated rings. The Kier molecular flexibility index (Phi) is 14.9. The van der Waals surface area contributed by atoms with Gasteiger partial charge in [-0.1, -0.05) is 50.2 Å². The van der Waals surface area contributed by atoms with Crippen molar-refractivity contribution >= 4 is 21.5 Å². The molecule has 3 heteroatoms. The zero-order chi connectivity index (χ0) is 16.7. The van der Waals surface area contributed by atoms with Gasteiger partial charge in [0.2, 0.25) is 0 Å². The zero-order valence-electron chi connectivity index (χ0n) is 15.8. The van der Waals surface area contributed by atoms with E-state index in [0.29, 0.717) is 0 Å². The number of fused-ring (bicyclic) bond motifs is 3. The number of benzene rings is 2. The second kappa shape index (κ2) is 14.2. The fourth-order valence-electron chi connectivity index (χ4n) is 2.50. The maximum absolute atomic E-state index is 2.24. The third kappa shape index (κ3) is 7.39. The maximum atomic E-state index is 2.24. The standard InChI is InChI=1S/C13H9.C7H9.C3H7.2ClH.Zr/c1-3-7-12-10(5-1)9-11-6-2-4-8-13(11)12;1-6-4-3-5-7(6)2;1-3-2;;;/h1-9H;3-5H,1-2H3;3H,1-2H3;2*1H;/q3*-1;;;+2/p-2. The van der Waals surface area contributed by atoms with Gasteiger partial charge in [-0.3, -0.25) is 0 Å². The van der Waals surface area contributed by atoms with Crippen LogP contribution in [0.15, 0.2) is 72.8 Å². The molecule has 4 aromatic rings. The molecule has 4 rings (SSSR count). The van der Waals surface area contributed by atoms with Crippen LogP contribution >= 0.6 is 0 Å². The molecule has 0 bridgehead atoms. The predicted molar refractivity (Wildman–Crippen MR) is 104 cm³/mol. The monoisotopic (exact) mass is 461 g/mol. The van der Waals surface area contributed by atoms with Crippen molar-refractivity contribution in [3.63, 3.8) is 0 Å². The van der Waals surface area contributed by atoms with Crippen molar-refractivity contribution in [2.75, 3.05) is 0 Å². The Morgan fingerprint density at radius 1 is 0.692 bits per heavy atom. The molecule has 0 aliphatic heterocycles. The van der Waals surface area contributed by atoms with Crippen molar-refractivity contribution in [3.8, 4) is 0 Å². The van der Waals surface area contributed by atoms with Crippen molar-refractivity contribution < 1.29 is 51.0 Å². The number of halogens is 2. The van der Waals surface area contributed by atoms with E-state index in [1.54, 1.807) is 0 Å². The third-order valence-electron chi connectivity index (χ3n) is 3.84. The summed E-state index contributed by atoms with van der Waals surface area (Å²) in [6.07, 6.45) is 2.00. The van der Waals surface area contributed by atoms with Crippen LogP contribution in [0.5, 0.6) is 0 Å². The van der Waals surface area contributed by atoms with Gasteiger partial charge in [0.1, 0.15) is 0 Å². The molecular weight excluding hydrogens is 438 g/mol. The molecule has 0 unspecified atom stereocenters. The third-order valence-corrected chi connectivity index (χ3v) is 3.84. The molecule has 138 valence electrons. The summed E-state index contributed by atoms with van der Waals surface area (Å²) in [6.45, 7) is 8.24. The molecule has 0 atom stereocenters. The van der Waals surface area contributed by atoms with E-state index in [2.05, 4.69) is 86.6 Å². The summed E-state index contributed by atoms with van der Waals surface area (Å²) < 4.78 is 0. The summed E-state index contributed by atoms with van der Waals surface area (Å²) in [6, 6.07) is 25.6. The van der Waals surface area contributed by atoms with Crippen LogP contribution < -0.4 is 24.8 Å². The molecule has 26 heavy (non-hydrogen) atoms. The summed E-state index contributed by atoms with van der Waals surface area (Å²) in [7, 11) is 0. The summed E-state index contributed by atoms with van der Waals surface area (Å²) >= 11 is 0. The zero-order valence-corrected chi connectivity index (χ0v) is 19.7. The van der Waals surface area contributed by atoms with Crippen LogP contribution in [0.2, 0.25) is 0 Å². The second-order valence-electron chi connectivity index (χ2n) is 5.79. The van der Waals surface area contributed by atoms with Gasteiger partial charge in [0, 0.05) is 0 Å². The minimum absolute atomic E-state index is 0. The van der Waals surface area contributed by atoms with E-state index in [9.17, 15) is 0 Å². The molecule has 0 spiro atoms. The van der Waals surface area contributed by atoms with Crippen LogP contribution in [-0.4, -0.2) is 0 Å². The molecular formula is C23H25Cl2Zr-3. The van der Waals surface area contributed by atoms with Crippen LogP contribution in [-0.2, 0) is 26.2 Å². The van der Waals surface area contributed by atoms with Gasteiger partial charge in [0.05, 0.1) is 0 Å². The molecule has 0 radical (unpaired) electrons. The summed E-state index contributed by atoms with van der Waals surface area (Å²) in [5, 5.41) is 5.39. The fraction of sp³-hybridized carbons (Fsp3) is 0.174. The van der Waals surface area contributed by atoms with Gasteiger partial charge in [-0.25, -0.2) is 0 Å². The smallest absolute Gasteiger partial charge is 1.00 e. The van der Waals surface area contributed by atoms with Crippen LogP contribution in [0.25, 0.3) is 21.5 Å². The van der Waals surface area contributed by atoms with Crippen molar-refractivity contribution in [3.05, 3.63) is 90.3 Å². The summed E-state index contributed by atoms with van der Waals surface area (Å²) in [4.78, 5) is 0. The molecule has 0 saturated carbocycles. The number of aryl methyl sites for hydroxylation is 2. The first kappa shape index (κ1) is 27.3. The molecule has 0 heterocycles. The summed E-state index contributed by atoms with van der Waals surface area (Å²) in [5.74, 6) is 0. The molecule has 0 aliphatic carbocycles. The van der Waals surface area contributed by atoms with Crippen LogP contribution in [0, 0.1) is 20.3 Å². The van der Waals surface area contributed by atoms with Crippen molar-refractivity contribution in [1.29, 1.82) is 0 Å². The maximum Gasteiger partial charge on any atom is 2.00 e. The molecule has 0 amide bonds. The van der Waals surface area contributed by atoms with Crippen molar-refractivity contribution in [2.45, 2.75) is 27.7 Å². The van der Waals surface area contributed by atoms with Gasteiger partial charge in [-0.2, -0.15) is 43.2 Å². The second-order valence-corrected chi connectivity index (χ2v) is 5.79. The Bertz CT molecular complexity index is 792. The van der Waals surface area contributed by atoms with Gasteiger partial charge in [0.25, 0.3) is 0 Å². The quantitative estimate of drug-likeness (QED) is 0.341. The predicted octanol–water partition coefficient (Wildman–Crippen LogP) is 0.970. The molecule has 0 saturated heterocycles. The van der Waals surface area contributed by atoms with E-state index in [4.69, 9.17) is 0 Å². The van der Waals surface area contributed by atoms with Crippen molar-refractivity contribution in [1.82, 2.24) is 0 Å². The average Bonchev–Trinajstić information content (AvgIpc) is 3.12. The van der Waals surface area contributed by atoms with Gasteiger partial charge in [-0.15, -0.1) is 39.7 Å². The van der Waals surface area contributed by atoms with Crippen molar-refractivity contribution in [2.24, 2.45) is 0 Å². The van der Waals surface area contributed by atoms with Crippen LogP contribution in [0.3, 0.4) is 0 Å². The first-order valence-corrected chi connectivity index (χ1v) is 8.13. The Balaban J connectivity index is 0. The van der Waals surface area contributed by atoms with E-state index in [-0.39, 0.29) is 51.0 Å². The fourth-order valence-corrected chi connectivity index (χ4v) is 2.50.